The molecule has 0 amide bonds. The topological polar surface area (TPSA) is 64.6 Å². The second-order valence-electron chi connectivity index (χ2n) is 3.85. The third kappa shape index (κ3) is 3.45. The summed E-state index contributed by atoms with van der Waals surface area (Å²) in [5.41, 5.74) is 0.239. The van der Waals surface area contributed by atoms with Crippen molar-refractivity contribution in [2.45, 2.75) is 4.21 Å². The largest absolute Gasteiger partial charge is 0.495 e. The number of hydrogen-bond donors (Lipinski definition) is 1. The minimum absolute atomic E-state index is 0.177. The van der Waals surface area contributed by atoms with Crippen LogP contribution >= 0.6 is 38.9 Å². The van der Waals surface area contributed by atoms with E-state index in [-0.39, 0.29) is 14.9 Å². The van der Waals surface area contributed by atoms with Gasteiger partial charge < -0.3 is 9.47 Å². The lowest BCUT2D eigenvalue weighted by atomic mass is 10.3. The molecule has 5 nitrogen and oxygen atoms in total. The van der Waals surface area contributed by atoms with Crippen LogP contribution in [0.3, 0.4) is 0 Å². The molecular formula is C12H11BrClNO4S2. The third-order valence-electron chi connectivity index (χ3n) is 2.55. The Morgan fingerprint density at radius 1 is 1.24 bits per heavy atom. The summed E-state index contributed by atoms with van der Waals surface area (Å²) in [5, 5.41) is 1.96. The van der Waals surface area contributed by atoms with Crippen molar-refractivity contribution in [3.8, 4) is 11.5 Å². The summed E-state index contributed by atoms with van der Waals surface area (Å²) in [6.45, 7) is 0. The summed E-state index contributed by atoms with van der Waals surface area (Å²) in [5.74, 6) is 0.710. The van der Waals surface area contributed by atoms with Gasteiger partial charge in [-0.15, -0.1) is 11.3 Å². The van der Waals surface area contributed by atoms with Gasteiger partial charge in [-0.1, -0.05) is 11.6 Å². The molecule has 21 heavy (non-hydrogen) atoms. The first-order chi connectivity index (χ1) is 9.89. The van der Waals surface area contributed by atoms with Crippen molar-refractivity contribution in [2.75, 3.05) is 18.9 Å². The van der Waals surface area contributed by atoms with Gasteiger partial charge in [-0.25, -0.2) is 8.42 Å². The lowest BCUT2D eigenvalue weighted by Gasteiger charge is -2.13. The van der Waals surface area contributed by atoms with Crippen LogP contribution in [0.2, 0.25) is 5.02 Å². The van der Waals surface area contributed by atoms with Crippen molar-refractivity contribution in [3.05, 3.63) is 33.1 Å². The summed E-state index contributed by atoms with van der Waals surface area (Å²) in [7, 11) is -0.830. The molecule has 0 aliphatic carbocycles. The van der Waals surface area contributed by atoms with E-state index in [4.69, 9.17) is 21.1 Å². The van der Waals surface area contributed by atoms with Crippen molar-refractivity contribution in [1.29, 1.82) is 0 Å². The average molecular weight is 413 g/mol. The summed E-state index contributed by atoms with van der Waals surface area (Å²) >= 11 is 10.3. The fraction of sp³-hybridized carbons (Fsp3) is 0.167. The van der Waals surface area contributed by atoms with Gasteiger partial charge in [0, 0.05) is 10.5 Å². The Morgan fingerprint density at radius 3 is 2.43 bits per heavy atom. The molecule has 9 heteroatoms. The lowest BCUT2D eigenvalue weighted by Crippen LogP contribution is -2.13. The van der Waals surface area contributed by atoms with Crippen molar-refractivity contribution >= 4 is 54.6 Å². The van der Waals surface area contributed by atoms with Crippen LogP contribution in [0.1, 0.15) is 0 Å². The third-order valence-corrected chi connectivity index (χ3v) is 6.88. The van der Waals surface area contributed by atoms with Crippen LogP contribution in [0.4, 0.5) is 5.69 Å². The minimum atomic E-state index is -3.73. The Morgan fingerprint density at radius 2 is 1.90 bits per heavy atom. The quantitative estimate of drug-likeness (QED) is 0.806. The number of thiophene rings is 1. The summed E-state index contributed by atoms with van der Waals surface area (Å²) in [6, 6.07) is 4.62. The Labute approximate surface area is 140 Å². The standard InChI is InChI=1S/C12H11BrClNO4S2/c1-18-10-6-11(19-2)9(5-8(10)14)15-21(16,17)12-7(13)3-4-20-12/h3-6,15H,1-2H3. The molecule has 2 aromatic rings. The Bertz CT molecular complexity index is 761. The fourth-order valence-corrected chi connectivity index (χ4v) is 5.24. The minimum Gasteiger partial charge on any atom is -0.495 e. The van der Waals surface area contributed by atoms with Gasteiger partial charge in [0.1, 0.15) is 11.5 Å². The first kappa shape index (κ1) is 16.4. The van der Waals surface area contributed by atoms with Crippen molar-refractivity contribution in [2.24, 2.45) is 0 Å². The molecule has 0 aliphatic heterocycles. The van der Waals surface area contributed by atoms with Crippen molar-refractivity contribution < 1.29 is 17.9 Å². The number of ether oxygens (including phenoxy) is 2. The Hall–Kier alpha value is -0.960. The number of methoxy groups -OCH3 is 2. The molecule has 0 fully saturated rings. The summed E-state index contributed by atoms with van der Waals surface area (Å²) in [6.07, 6.45) is 0. The normalized spacial score (nSPS) is 11.2. The maximum atomic E-state index is 12.4. The SMILES string of the molecule is COc1cc(OC)c(NS(=O)(=O)c2sccc2Br)cc1Cl. The maximum absolute atomic E-state index is 12.4. The van der Waals surface area contributed by atoms with Crippen molar-refractivity contribution in [1.82, 2.24) is 0 Å². The van der Waals surface area contributed by atoms with Crippen LogP contribution in [0, 0.1) is 0 Å². The zero-order valence-electron chi connectivity index (χ0n) is 11.0. The summed E-state index contributed by atoms with van der Waals surface area (Å²) < 4.78 is 38.1. The molecule has 1 N–H and O–H groups in total. The predicted molar refractivity (Wildman–Crippen MR) is 87.4 cm³/mol. The van der Waals surface area contributed by atoms with E-state index in [1.54, 1.807) is 11.4 Å². The molecule has 1 heterocycles. The van der Waals surface area contributed by atoms with Crippen LogP contribution in [-0.2, 0) is 10.0 Å². The molecule has 1 aromatic carbocycles. The number of nitrogens with one attached hydrogen (secondary N) is 1. The number of benzene rings is 1. The highest BCUT2D eigenvalue weighted by Crippen LogP contribution is 2.38. The van der Waals surface area contributed by atoms with Gasteiger partial charge in [0.2, 0.25) is 0 Å². The summed E-state index contributed by atoms with van der Waals surface area (Å²) in [4.78, 5) is 0. The molecule has 2 rings (SSSR count). The number of hydrogen-bond acceptors (Lipinski definition) is 5. The van der Waals surface area contributed by atoms with Gasteiger partial charge in [-0.2, -0.15) is 0 Å². The van der Waals surface area contributed by atoms with Crippen LogP contribution in [0.25, 0.3) is 0 Å². The zero-order valence-corrected chi connectivity index (χ0v) is 15.0. The lowest BCUT2D eigenvalue weighted by molar-refractivity contribution is 0.396. The number of sulfonamides is 1. The molecule has 0 aliphatic rings. The predicted octanol–water partition coefficient (Wildman–Crippen LogP) is 3.98. The Kier molecular flexibility index (Phi) is 5.03. The van der Waals surface area contributed by atoms with Gasteiger partial charge >= 0.3 is 0 Å². The molecular weight excluding hydrogens is 402 g/mol. The van der Waals surface area contributed by atoms with Crippen molar-refractivity contribution in [3.63, 3.8) is 0 Å². The van der Waals surface area contributed by atoms with E-state index in [1.165, 1.54) is 26.4 Å². The second-order valence-corrected chi connectivity index (χ2v) is 7.90. The van der Waals surface area contributed by atoms with Gasteiger partial charge in [-0.3, -0.25) is 4.72 Å². The average Bonchev–Trinajstić information content (AvgIpc) is 2.86. The zero-order chi connectivity index (χ0) is 15.6. The van der Waals surface area contributed by atoms with Crippen LogP contribution in [-0.4, -0.2) is 22.6 Å². The molecule has 0 saturated carbocycles. The molecule has 1 aromatic heterocycles. The highest BCUT2D eigenvalue weighted by atomic mass is 79.9. The van der Waals surface area contributed by atoms with E-state index in [0.29, 0.717) is 16.0 Å². The molecule has 114 valence electrons. The molecule has 0 bridgehead atoms. The van der Waals surface area contributed by atoms with Gasteiger partial charge in [-0.05, 0) is 33.4 Å². The van der Waals surface area contributed by atoms with Gasteiger partial charge in [0.05, 0.1) is 24.9 Å². The molecule has 0 unspecified atom stereocenters. The van der Waals surface area contributed by atoms with E-state index in [0.717, 1.165) is 11.3 Å². The van der Waals surface area contributed by atoms with Gasteiger partial charge in [0.15, 0.2) is 4.21 Å². The van der Waals surface area contributed by atoms with E-state index in [9.17, 15) is 8.42 Å². The number of rotatable bonds is 5. The second kappa shape index (κ2) is 6.43. The highest BCUT2D eigenvalue weighted by Gasteiger charge is 2.22. The maximum Gasteiger partial charge on any atom is 0.272 e. The first-order valence-corrected chi connectivity index (χ1v) is 9.09. The molecule has 0 radical (unpaired) electrons. The highest BCUT2D eigenvalue weighted by molar-refractivity contribution is 9.10. The van der Waals surface area contributed by atoms with E-state index >= 15 is 0 Å². The molecule has 0 saturated heterocycles. The monoisotopic (exact) mass is 411 g/mol. The van der Waals surface area contributed by atoms with E-state index < -0.39 is 10.0 Å². The van der Waals surface area contributed by atoms with Gasteiger partial charge in [0.25, 0.3) is 10.0 Å². The van der Waals surface area contributed by atoms with Crippen LogP contribution < -0.4 is 14.2 Å². The van der Waals surface area contributed by atoms with Crippen LogP contribution in [0.15, 0.2) is 32.3 Å². The molecule has 0 atom stereocenters. The van der Waals surface area contributed by atoms with E-state index in [2.05, 4.69) is 20.7 Å². The molecule has 0 spiro atoms. The van der Waals surface area contributed by atoms with E-state index in [1.807, 2.05) is 0 Å². The Balaban J connectivity index is 2.44. The number of halogens is 2. The smallest absolute Gasteiger partial charge is 0.272 e. The fourth-order valence-electron chi connectivity index (χ4n) is 1.60. The number of anilines is 1. The van der Waals surface area contributed by atoms with Crippen LogP contribution in [0.5, 0.6) is 11.5 Å². The first-order valence-electron chi connectivity index (χ1n) is 5.56.